The lowest BCUT2D eigenvalue weighted by Gasteiger charge is -2.33. The van der Waals surface area contributed by atoms with Gasteiger partial charge in [0.1, 0.15) is 0 Å². The van der Waals surface area contributed by atoms with Crippen LogP contribution >= 0.6 is 0 Å². The SMILES string of the molecule is CCNC(=NCCCc1cn[nH]c1C)NCCCN1CCCCC1C. The third-order valence-corrected chi connectivity index (χ3v) is 5.01. The number of nitrogens with zero attached hydrogens (tertiary/aromatic N) is 3. The Bertz CT molecular complexity index is 510. The summed E-state index contributed by atoms with van der Waals surface area (Å²) in [5, 5.41) is 13.9. The molecular weight excluding hydrogens is 312 g/mol. The first-order chi connectivity index (χ1) is 12.2. The maximum atomic E-state index is 4.69. The normalized spacial score (nSPS) is 19.2. The third-order valence-electron chi connectivity index (χ3n) is 5.01. The smallest absolute Gasteiger partial charge is 0.191 e. The van der Waals surface area contributed by atoms with E-state index in [9.17, 15) is 0 Å². The molecule has 6 nitrogen and oxygen atoms in total. The summed E-state index contributed by atoms with van der Waals surface area (Å²) in [5.41, 5.74) is 2.46. The zero-order valence-corrected chi connectivity index (χ0v) is 16.3. The highest BCUT2D eigenvalue weighted by Crippen LogP contribution is 2.16. The minimum Gasteiger partial charge on any atom is -0.357 e. The van der Waals surface area contributed by atoms with Crippen molar-refractivity contribution >= 4 is 5.96 Å². The van der Waals surface area contributed by atoms with Gasteiger partial charge in [-0.2, -0.15) is 5.10 Å². The zero-order chi connectivity index (χ0) is 17.9. The van der Waals surface area contributed by atoms with Gasteiger partial charge in [-0.15, -0.1) is 0 Å². The van der Waals surface area contributed by atoms with Crippen molar-refractivity contribution in [1.29, 1.82) is 0 Å². The third kappa shape index (κ3) is 7.06. The van der Waals surface area contributed by atoms with Crippen LogP contribution in [0.5, 0.6) is 0 Å². The summed E-state index contributed by atoms with van der Waals surface area (Å²) >= 11 is 0. The van der Waals surface area contributed by atoms with Crippen LogP contribution in [-0.2, 0) is 6.42 Å². The highest BCUT2D eigenvalue weighted by molar-refractivity contribution is 5.79. The number of aromatic amines is 1. The van der Waals surface area contributed by atoms with E-state index in [0.29, 0.717) is 0 Å². The first-order valence-electron chi connectivity index (χ1n) is 9.95. The zero-order valence-electron chi connectivity index (χ0n) is 16.3. The highest BCUT2D eigenvalue weighted by Gasteiger charge is 2.17. The molecule has 142 valence electrons. The van der Waals surface area contributed by atoms with Crippen molar-refractivity contribution in [3.05, 3.63) is 17.5 Å². The minimum absolute atomic E-state index is 0.752. The Morgan fingerprint density at radius 1 is 1.36 bits per heavy atom. The monoisotopic (exact) mass is 348 g/mol. The van der Waals surface area contributed by atoms with Gasteiger partial charge in [-0.1, -0.05) is 6.42 Å². The molecule has 6 heteroatoms. The molecule has 1 aliphatic heterocycles. The first kappa shape index (κ1) is 19.8. The fraction of sp³-hybridized carbons (Fsp3) is 0.789. The Morgan fingerprint density at radius 3 is 2.96 bits per heavy atom. The van der Waals surface area contributed by atoms with Gasteiger partial charge in [-0.05, 0) is 65.0 Å². The van der Waals surface area contributed by atoms with Crippen molar-refractivity contribution in [3.63, 3.8) is 0 Å². The molecule has 1 aromatic rings. The summed E-state index contributed by atoms with van der Waals surface area (Å²) < 4.78 is 0. The molecule has 0 radical (unpaired) electrons. The lowest BCUT2D eigenvalue weighted by molar-refractivity contribution is 0.159. The number of rotatable bonds is 9. The molecule has 3 N–H and O–H groups in total. The van der Waals surface area contributed by atoms with Gasteiger partial charge in [0.05, 0.1) is 6.20 Å². The van der Waals surface area contributed by atoms with Crippen molar-refractivity contribution in [2.24, 2.45) is 4.99 Å². The average Bonchev–Trinajstić information content (AvgIpc) is 3.02. The number of likely N-dealkylation sites (tertiary alicyclic amines) is 1. The molecule has 0 aromatic carbocycles. The van der Waals surface area contributed by atoms with E-state index in [-0.39, 0.29) is 0 Å². The number of piperidine rings is 1. The van der Waals surface area contributed by atoms with Crippen LogP contribution in [0.25, 0.3) is 0 Å². The van der Waals surface area contributed by atoms with Crippen molar-refractivity contribution in [2.75, 3.05) is 32.7 Å². The van der Waals surface area contributed by atoms with Gasteiger partial charge in [0.25, 0.3) is 0 Å². The number of hydrogen-bond acceptors (Lipinski definition) is 3. The second-order valence-corrected chi connectivity index (χ2v) is 7.05. The number of H-pyrrole nitrogens is 1. The van der Waals surface area contributed by atoms with Gasteiger partial charge in [-0.3, -0.25) is 10.1 Å². The highest BCUT2D eigenvalue weighted by atomic mass is 15.2. The van der Waals surface area contributed by atoms with E-state index in [1.54, 1.807) is 0 Å². The molecule has 2 rings (SSSR count). The second kappa shape index (κ2) is 11.1. The number of guanidine groups is 1. The van der Waals surface area contributed by atoms with Crippen LogP contribution in [0.4, 0.5) is 0 Å². The molecule has 25 heavy (non-hydrogen) atoms. The molecule has 1 aliphatic rings. The molecule has 0 spiro atoms. The van der Waals surface area contributed by atoms with Crippen LogP contribution in [0.15, 0.2) is 11.2 Å². The average molecular weight is 349 g/mol. The quantitative estimate of drug-likeness (QED) is 0.364. The Labute approximate surface area is 152 Å². The molecule has 0 aliphatic carbocycles. The van der Waals surface area contributed by atoms with Gasteiger partial charge >= 0.3 is 0 Å². The Hall–Kier alpha value is -1.56. The number of aryl methyl sites for hydroxylation is 2. The van der Waals surface area contributed by atoms with Crippen LogP contribution in [0, 0.1) is 6.92 Å². The molecule has 1 atom stereocenters. The maximum Gasteiger partial charge on any atom is 0.191 e. The molecule has 1 saturated heterocycles. The van der Waals surface area contributed by atoms with Crippen molar-refractivity contribution in [1.82, 2.24) is 25.7 Å². The van der Waals surface area contributed by atoms with E-state index < -0.39 is 0 Å². The lowest BCUT2D eigenvalue weighted by atomic mass is 10.0. The summed E-state index contributed by atoms with van der Waals surface area (Å²) in [4.78, 5) is 7.32. The minimum atomic E-state index is 0.752. The van der Waals surface area contributed by atoms with Crippen LogP contribution in [0.2, 0.25) is 0 Å². The summed E-state index contributed by atoms with van der Waals surface area (Å²) in [7, 11) is 0. The molecule has 0 amide bonds. The molecule has 1 aromatic heterocycles. The van der Waals surface area contributed by atoms with Gasteiger partial charge in [0.15, 0.2) is 5.96 Å². The van der Waals surface area contributed by atoms with Crippen LogP contribution in [-0.4, -0.2) is 59.8 Å². The van der Waals surface area contributed by atoms with Crippen LogP contribution in [0.3, 0.4) is 0 Å². The van der Waals surface area contributed by atoms with Crippen LogP contribution < -0.4 is 10.6 Å². The molecule has 0 saturated carbocycles. The van der Waals surface area contributed by atoms with Crippen LogP contribution in [0.1, 0.15) is 57.2 Å². The molecule has 2 heterocycles. The number of aliphatic imine (C=N–C) groups is 1. The summed E-state index contributed by atoms with van der Waals surface area (Å²) in [6.45, 7) is 11.7. The predicted molar refractivity (Wildman–Crippen MR) is 105 cm³/mol. The fourth-order valence-electron chi connectivity index (χ4n) is 3.41. The predicted octanol–water partition coefficient (Wildman–Crippen LogP) is 2.47. The van der Waals surface area contributed by atoms with E-state index in [0.717, 1.165) is 44.5 Å². The Kier molecular flexibility index (Phi) is 8.80. The number of hydrogen-bond donors (Lipinski definition) is 3. The lowest BCUT2D eigenvalue weighted by Crippen LogP contribution is -2.41. The van der Waals surface area contributed by atoms with E-state index in [2.05, 4.69) is 46.5 Å². The molecule has 1 fully saturated rings. The second-order valence-electron chi connectivity index (χ2n) is 7.05. The Balaban J connectivity index is 1.64. The first-order valence-corrected chi connectivity index (χ1v) is 9.95. The maximum absolute atomic E-state index is 4.69. The molecule has 0 bridgehead atoms. The van der Waals surface area contributed by atoms with Gasteiger partial charge in [0.2, 0.25) is 0 Å². The molecule has 1 unspecified atom stereocenters. The topological polar surface area (TPSA) is 68.3 Å². The number of nitrogens with one attached hydrogen (secondary N) is 3. The largest absolute Gasteiger partial charge is 0.357 e. The van der Waals surface area contributed by atoms with Gasteiger partial charge < -0.3 is 15.5 Å². The van der Waals surface area contributed by atoms with E-state index in [1.807, 2.05) is 6.20 Å². The van der Waals surface area contributed by atoms with Gasteiger partial charge in [-0.25, -0.2) is 0 Å². The standard InChI is InChI=1S/C19H36N6/c1-4-20-19(21-11-7-10-18-15-23-24-17(18)3)22-12-8-14-25-13-6-5-9-16(25)2/h15-16H,4-14H2,1-3H3,(H,23,24)(H2,20,21,22). The van der Waals surface area contributed by atoms with Gasteiger partial charge in [0, 0.05) is 37.9 Å². The summed E-state index contributed by atoms with van der Waals surface area (Å²) in [5.74, 6) is 0.943. The fourth-order valence-corrected chi connectivity index (χ4v) is 3.41. The van der Waals surface area contributed by atoms with Crippen molar-refractivity contribution in [2.45, 2.75) is 65.3 Å². The molecular formula is C19H36N6. The number of aromatic nitrogens is 2. The van der Waals surface area contributed by atoms with Crippen molar-refractivity contribution in [3.8, 4) is 0 Å². The van der Waals surface area contributed by atoms with Crippen molar-refractivity contribution < 1.29 is 0 Å². The van der Waals surface area contributed by atoms with E-state index >= 15 is 0 Å². The van der Waals surface area contributed by atoms with E-state index in [1.165, 1.54) is 50.0 Å². The van der Waals surface area contributed by atoms with E-state index in [4.69, 9.17) is 4.99 Å². The summed E-state index contributed by atoms with van der Waals surface area (Å²) in [6, 6.07) is 0.752. The summed E-state index contributed by atoms with van der Waals surface area (Å²) in [6.07, 6.45) is 9.27. The Morgan fingerprint density at radius 2 is 2.24 bits per heavy atom.